The summed E-state index contributed by atoms with van der Waals surface area (Å²) in [6.45, 7) is 2.91. The average molecular weight is 327 g/mol. The van der Waals surface area contributed by atoms with Crippen molar-refractivity contribution >= 4 is 44.6 Å². The Morgan fingerprint density at radius 1 is 1.22 bits per heavy atom. The lowest BCUT2D eigenvalue weighted by Crippen LogP contribution is -1.98. The smallest absolute Gasteiger partial charge is 0.0641 e. The van der Waals surface area contributed by atoms with Gasteiger partial charge in [-0.15, -0.1) is 0 Å². The second kappa shape index (κ2) is 6.07. The Kier molecular flexibility index (Phi) is 4.44. The molecule has 1 aromatic heterocycles. The molecule has 0 bridgehead atoms. The number of benzene rings is 1. The highest BCUT2D eigenvalue weighted by Gasteiger charge is 2.02. The molecule has 1 heterocycles. The van der Waals surface area contributed by atoms with Crippen LogP contribution in [-0.4, -0.2) is 11.5 Å². The largest absolute Gasteiger partial charge is 0.384 e. The van der Waals surface area contributed by atoms with Crippen LogP contribution in [0.5, 0.6) is 0 Å². The minimum absolute atomic E-state index is 0.673. The molecule has 1 aromatic carbocycles. The number of hydrogen-bond acceptors (Lipinski definition) is 3. The van der Waals surface area contributed by atoms with Crippen molar-refractivity contribution < 1.29 is 0 Å². The lowest BCUT2D eigenvalue weighted by molar-refractivity contribution is 1.19. The summed E-state index contributed by atoms with van der Waals surface area (Å²) >= 11 is 9.55. The second-order valence-electron chi connectivity index (χ2n) is 3.74. The Hall–Kier alpha value is -1.26. The van der Waals surface area contributed by atoms with E-state index in [1.165, 1.54) is 0 Å². The van der Waals surface area contributed by atoms with Crippen LogP contribution >= 0.6 is 27.5 Å². The molecular weight excluding hydrogens is 314 g/mol. The molecule has 5 heteroatoms. The fourth-order valence-electron chi connectivity index (χ4n) is 1.56. The lowest BCUT2D eigenvalue weighted by atomic mass is 10.3. The summed E-state index contributed by atoms with van der Waals surface area (Å²) in [7, 11) is 0. The molecule has 2 N–H and O–H groups in total. The zero-order chi connectivity index (χ0) is 13.0. The van der Waals surface area contributed by atoms with Crippen molar-refractivity contribution in [2.45, 2.75) is 6.92 Å². The highest BCUT2D eigenvalue weighted by Crippen LogP contribution is 2.28. The minimum atomic E-state index is 0.673. The van der Waals surface area contributed by atoms with Crippen LogP contribution in [0.15, 0.2) is 41.1 Å². The fraction of sp³-hybridized carbons (Fsp3) is 0.154. The summed E-state index contributed by atoms with van der Waals surface area (Å²) in [6, 6.07) is 7.67. The van der Waals surface area contributed by atoms with Crippen molar-refractivity contribution in [1.82, 2.24) is 4.98 Å². The van der Waals surface area contributed by atoms with E-state index in [9.17, 15) is 0 Å². The molecule has 2 aromatic rings. The Balaban J connectivity index is 2.22. The van der Waals surface area contributed by atoms with E-state index in [2.05, 4.69) is 31.5 Å². The van der Waals surface area contributed by atoms with Crippen LogP contribution in [0.3, 0.4) is 0 Å². The summed E-state index contributed by atoms with van der Waals surface area (Å²) < 4.78 is 0.977. The standard InChI is InChI=1S/C13H13BrClN3/c1-2-17-10-6-11(8-16-7-10)18-13-5-9(14)3-4-12(13)15/h3-8,17-18H,2H2,1H3. The van der Waals surface area contributed by atoms with Gasteiger partial charge in [0.1, 0.15) is 0 Å². The second-order valence-corrected chi connectivity index (χ2v) is 5.06. The predicted octanol–water partition coefficient (Wildman–Crippen LogP) is 4.67. The first-order valence-electron chi connectivity index (χ1n) is 5.60. The Labute approximate surface area is 120 Å². The number of rotatable bonds is 4. The Morgan fingerprint density at radius 3 is 2.78 bits per heavy atom. The number of nitrogens with zero attached hydrogens (tertiary/aromatic N) is 1. The molecule has 94 valence electrons. The van der Waals surface area contributed by atoms with Gasteiger partial charge < -0.3 is 10.6 Å². The summed E-state index contributed by atoms with van der Waals surface area (Å²) in [4.78, 5) is 4.17. The first kappa shape index (κ1) is 13.2. The molecule has 18 heavy (non-hydrogen) atoms. The van der Waals surface area contributed by atoms with E-state index >= 15 is 0 Å². The van der Waals surface area contributed by atoms with Gasteiger partial charge in [0.25, 0.3) is 0 Å². The van der Waals surface area contributed by atoms with Crippen molar-refractivity contribution in [2.24, 2.45) is 0 Å². The van der Waals surface area contributed by atoms with E-state index in [-0.39, 0.29) is 0 Å². The van der Waals surface area contributed by atoms with Crippen molar-refractivity contribution in [3.63, 3.8) is 0 Å². The molecule has 0 aliphatic rings. The Morgan fingerprint density at radius 2 is 2.00 bits per heavy atom. The van der Waals surface area contributed by atoms with Gasteiger partial charge in [0.2, 0.25) is 0 Å². The molecule has 0 saturated heterocycles. The van der Waals surface area contributed by atoms with Crippen molar-refractivity contribution in [3.8, 4) is 0 Å². The van der Waals surface area contributed by atoms with Crippen LogP contribution in [0, 0.1) is 0 Å². The summed E-state index contributed by atoms with van der Waals surface area (Å²) in [5.74, 6) is 0. The molecule has 0 unspecified atom stereocenters. The van der Waals surface area contributed by atoms with Gasteiger partial charge in [0.05, 0.1) is 34.5 Å². The maximum atomic E-state index is 6.13. The normalized spacial score (nSPS) is 10.2. The van der Waals surface area contributed by atoms with Gasteiger partial charge in [-0.2, -0.15) is 0 Å². The third-order valence-electron chi connectivity index (χ3n) is 2.33. The fourth-order valence-corrected chi connectivity index (χ4v) is 2.08. The lowest BCUT2D eigenvalue weighted by Gasteiger charge is -2.10. The first-order valence-corrected chi connectivity index (χ1v) is 6.77. The van der Waals surface area contributed by atoms with Crippen LogP contribution in [0.25, 0.3) is 0 Å². The molecule has 0 saturated carbocycles. The summed E-state index contributed by atoms with van der Waals surface area (Å²) in [5.41, 5.74) is 2.73. The van der Waals surface area contributed by atoms with Crippen LogP contribution < -0.4 is 10.6 Å². The van der Waals surface area contributed by atoms with Crippen LogP contribution in [0.2, 0.25) is 5.02 Å². The number of aromatic nitrogens is 1. The highest BCUT2D eigenvalue weighted by atomic mass is 79.9. The van der Waals surface area contributed by atoms with Gasteiger partial charge >= 0.3 is 0 Å². The zero-order valence-corrected chi connectivity index (χ0v) is 12.2. The number of pyridine rings is 1. The van der Waals surface area contributed by atoms with E-state index in [4.69, 9.17) is 11.6 Å². The van der Waals surface area contributed by atoms with E-state index < -0.39 is 0 Å². The monoisotopic (exact) mass is 325 g/mol. The molecule has 3 nitrogen and oxygen atoms in total. The third kappa shape index (κ3) is 3.37. The minimum Gasteiger partial charge on any atom is -0.384 e. The van der Waals surface area contributed by atoms with Crippen molar-refractivity contribution in [1.29, 1.82) is 0 Å². The van der Waals surface area contributed by atoms with Gasteiger partial charge in [-0.25, -0.2) is 0 Å². The maximum absolute atomic E-state index is 6.13. The van der Waals surface area contributed by atoms with Gasteiger partial charge in [-0.05, 0) is 31.2 Å². The quantitative estimate of drug-likeness (QED) is 0.857. The number of nitrogens with one attached hydrogen (secondary N) is 2. The van der Waals surface area contributed by atoms with Crippen molar-refractivity contribution in [2.75, 3.05) is 17.2 Å². The summed E-state index contributed by atoms with van der Waals surface area (Å²) in [5, 5.41) is 7.14. The number of hydrogen-bond donors (Lipinski definition) is 2. The van der Waals surface area contributed by atoms with E-state index in [1.54, 1.807) is 12.4 Å². The van der Waals surface area contributed by atoms with E-state index in [0.717, 1.165) is 28.1 Å². The molecule has 0 radical (unpaired) electrons. The molecule has 0 fully saturated rings. The molecule has 2 rings (SSSR count). The molecule has 0 spiro atoms. The number of halogens is 2. The predicted molar refractivity (Wildman–Crippen MR) is 80.8 cm³/mol. The summed E-state index contributed by atoms with van der Waals surface area (Å²) in [6.07, 6.45) is 3.55. The molecule has 0 atom stereocenters. The zero-order valence-electron chi connectivity index (χ0n) is 9.87. The van der Waals surface area contributed by atoms with Gasteiger partial charge in [-0.3, -0.25) is 4.98 Å². The van der Waals surface area contributed by atoms with Gasteiger partial charge in [0, 0.05) is 11.0 Å². The molecule has 0 aliphatic carbocycles. The topological polar surface area (TPSA) is 37.0 Å². The van der Waals surface area contributed by atoms with Crippen molar-refractivity contribution in [3.05, 3.63) is 46.2 Å². The first-order chi connectivity index (χ1) is 8.69. The molecular formula is C13H13BrClN3. The average Bonchev–Trinajstić information content (AvgIpc) is 2.35. The Bertz CT molecular complexity index is 546. The third-order valence-corrected chi connectivity index (χ3v) is 3.15. The number of anilines is 3. The van der Waals surface area contributed by atoms with Crippen LogP contribution in [-0.2, 0) is 0 Å². The van der Waals surface area contributed by atoms with E-state index in [0.29, 0.717) is 5.02 Å². The van der Waals surface area contributed by atoms with Gasteiger partial charge in [0.15, 0.2) is 0 Å². The highest BCUT2D eigenvalue weighted by molar-refractivity contribution is 9.10. The van der Waals surface area contributed by atoms with Gasteiger partial charge in [-0.1, -0.05) is 27.5 Å². The maximum Gasteiger partial charge on any atom is 0.0641 e. The van der Waals surface area contributed by atoms with Crippen LogP contribution in [0.4, 0.5) is 17.1 Å². The molecule has 0 aliphatic heterocycles. The van der Waals surface area contributed by atoms with Crippen LogP contribution in [0.1, 0.15) is 6.92 Å². The molecule has 0 amide bonds. The van der Waals surface area contributed by atoms with E-state index in [1.807, 2.05) is 31.2 Å². The SMILES string of the molecule is CCNc1cncc(Nc2cc(Br)ccc2Cl)c1.